The molecule has 1 heterocycles. The molecule has 1 amide bonds. The molecule has 0 saturated heterocycles. The van der Waals surface area contributed by atoms with Crippen molar-refractivity contribution in [3.63, 3.8) is 0 Å². The summed E-state index contributed by atoms with van der Waals surface area (Å²) in [6.07, 6.45) is 2.08. The van der Waals surface area contributed by atoms with E-state index >= 15 is 0 Å². The van der Waals surface area contributed by atoms with Crippen LogP contribution in [0.4, 0.5) is 0 Å². The van der Waals surface area contributed by atoms with Gasteiger partial charge in [-0.15, -0.1) is 0 Å². The Bertz CT molecular complexity index is 387. The number of nitrogens with two attached hydrogens (primary N) is 1. The molecule has 1 aliphatic carbocycles. The van der Waals surface area contributed by atoms with E-state index in [-0.39, 0.29) is 12.0 Å². The van der Waals surface area contributed by atoms with Crippen molar-refractivity contribution in [1.82, 2.24) is 4.90 Å². The first-order valence-electron chi connectivity index (χ1n) is 6.75. The van der Waals surface area contributed by atoms with Crippen LogP contribution in [0.5, 0.6) is 0 Å². The van der Waals surface area contributed by atoms with Crippen LogP contribution in [-0.2, 0) is 4.79 Å². The number of hydrogen-bond acceptors (Lipinski definition) is 3. The lowest BCUT2D eigenvalue weighted by Crippen LogP contribution is -2.46. The van der Waals surface area contributed by atoms with E-state index in [4.69, 9.17) is 5.73 Å². The number of thiophene rings is 1. The Morgan fingerprint density at radius 1 is 1.50 bits per heavy atom. The Kier molecular flexibility index (Phi) is 4.40. The van der Waals surface area contributed by atoms with Crippen molar-refractivity contribution in [3.05, 3.63) is 22.4 Å². The van der Waals surface area contributed by atoms with Crippen molar-refractivity contribution in [3.8, 4) is 0 Å². The second-order valence-corrected chi connectivity index (χ2v) is 5.72. The number of carbonyl (C=O) groups excluding carboxylic acids is 1. The Labute approximate surface area is 113 Å². The maximum Gasteiger partial charge on any atom is 0.226 e. The highest BCUT2D eigenvalue weighted by atomic mass is 32.1. The van der Waals surface area contributed by atoms with Crippen molar-refractivity contribution in [1.29, 1.82) is 0 Å². The second-order valence-electron chi connectivity index (χ2n) is 4.94. The molecule has 1 saturated carbocycles. The number of rotatable bonds is 5. The van der Waals surface area contributed by atoms with Crippen molar-refractivity contribution in [2.45, 2.75) is 32.7 Å². The van der Waals surface area contributed by atoms with Crippen LogP contribution in [0.15, 0.2) is 16.8 Å². The summed E-state index contributed by atoms with van der Waals surface area (Å²) >= 11 is 1.67. The van der Waals surface area contributed by atoms with Crippen LogP contribution in [0.1, 0.15) is 38.3 Å². The molecule has 100 valence electrons. The lowest BCUT2D eigenvalue weighted by atomic mass is 9.68. The van der Waals surface area contributed by atoms with Gasteiger partial charge in [0.15, 0.2) is 0 Å². The van der Waals surface area contributed by atoms with Gasteiger partial charge in [-0.05, 0) is 55.0 Å². The van der Waals surface area contributed by atoms with E-state index in [0.29, 0.717) is 11.8 Å². The highest BCUT2D eigenvalue weighted by molar-refractivity contribution is 7.07. The molecule has 1 fully saturated rings. The van der Waals surface area contributed by atoms with Gasteiger partial charge in [-0.1, -0.05) is 0 Å². The fourth-order valence-electron chi connectivity index (χ4n) is 2.74. The number of amides is 1. The standard InChI is InChI=1S/C14H22N2OS/c1-3-16(4-2)14(17)12-6-5-11(12)13(15)10-7-8-18-9-10/h7-9,11-13H,3-6,15H2,1-2H3/t11-,12-,13?/m1/s1. The van der Waals surface area contributed by atoms with E-state index in [0.717, 1.165) is 25.9 Å². The Hall–Kier alpha value is -0.870. The molecule has 1 aromatic heterocycles. The molecule has 3 nitrogen and oxygen atoms in total. The molecule has 4 heteroatoms. The summed E-state index contributed by atoms with van der Waals surface area (Å²) in [4.78, 5) is 14.3. The minimum absolute atomic E-state index is 0.0227. The molecule has 0 spiro atoms. The summed E-state index contributed by atoms with van der Waals surface area (Å²) in [5.41, 5.74) is 7.47. The van der Waals surface area contributed by atoms with E-state index in [1.807, 2.05) is 18.7 Å². The lowest BCUT2D eigenvalue weighted by Gasteiger charge is -2.41. The highest BCUT2D eigenvalue weighted by Gasteiger charge is 2.41. The fraction of sp³-hybridized carbons (Fsp3) is 0.643. The van der Waals surface area contributed by atoms with Gasteiger partial charge in [-0.3, -0.25) is 4.79 Å². The van der Waals surface area contributed by atoms with E-state index in [1.54, 1.807) is 11.3 Å². The minimum atomic E-state index is 0.0227. The monoisotopic (exact) mass is 266 g/mol. The third kappa shape index (κ3) is 2.45. The minimum Gasteiger partial charge on any atom is -0.343 e. The first-order chi connectivity index (χ1) is 8.69. The smallest absolute Gasteiger partial charge is 0.226 e. The van der Waals surface area contributed by atoms with Gasteiger partial charge in [0.2, 0.25) is 5.91 Å². The molecule has 0 radical (unpaired) electrons. The average molecular weight is 266 g/mol. The van der Waals surface area contributed by atoms with Gasteiger partial charge in [0.25, 0.3) is 0 Å². The fourth-order valence-corrected chi connectivity index (χ4v) is 3.45. The second kappa shape index (κ2) is 5.85. The van der Waals surface area contributed by atoms with Crippen LogP contribution in [0, 0.1) is 11.8 Å². The molecule has 0 aliphatic heterocycles. The van der Waals surface area contributed by atoms with Crippen molar-refractivity contribution >= 4 is 17.2 Å². The molecule has 1 aromatic rings. The molecule has 1 unspecified atom stereocenters. The molecule has 2 rings (SSSR count). The van der Waals surface area contributed by atoms with Gasteiger partial charge in [0.05, 0.1) is 0 Å². The van der Waals surface area contributed by atoms with Gasteiger partial charge < -0.3 is 10.6 Å². The number of carbonyl (C=O) groups is 1. The van der Waals surface area contributed by atoms with Gasteiger partial charge in [0, 0.05) is 25.0 Å². The van der Waals surface area contributed by atoms with Gasteiger partial charge >= 0.3 is 0 Å². The highest BCUT2D eigenvalue weighted by Crippen LogP contribution is 2.43. The number of hydrogen-bond donors (Lipinski definition) is 1. The van der Waals surface area contributed by atoms with Crippen LogP contribution in [-0.4, -0.2) is 23.9 Å². The van der Waals surface area contributed by atoms with Crippen LogP contribution in [0.3, 0.4) is 0 Å². The largest absolute Gasteiger partial charge is 0.343 e. The van der Waals surface area contributed by atoms with E-state index in [2.05, 4.69) is 16.8 Å². The Morgan fingerprint density at radius 2 is 2.22 bits per heavy atom. The summed E-state index contributed by atoms with van der Waals surface area (Å²) in [6.45, 7) is 5.67. The topological polar surface area (TPSA) is 46.3 Å². The Balaban J connectivity index is 2.02. The predicted octanol–water partition coefficient (Wildman–Crippen LogP) is 2.64. The first kappa shape index (κ1) is 13.6. The third-order valence-corrected chi connectivity index (χ3v) is 4.81. The van der Waals surface area contributed by atoms with Gasteiger partial charge in [-0.25, -0.2) is 0 Å². The normalized spacial score (nSPS) is 24.4. The molecule has 0 aromatic carbocycles. The summed E-state index contributed by atoms with van der Waals surface area (Å²) in [6, 6.07) is 2.10. The lowest BCUT2D eigenvalue weighted by molar-refractivity contribution is -0.141. The van der Waals surface area contributed by atoms with E-state index < -0.39 is 0 Å². The maximum atomic E-state index is 12.3. The van der Waals surface area contributed by atoms with E-state index in [1.165, 1.54) is 5.56 Å². The van der Waals surface area contributed by atoms with E-state index in [9.17, 15) is 4.79 Å². The zero-order chi connectivity index (χ0) is 13.1. The van der Waals surface area contributed by atoms with Crippen LogP contribution < -0.4 is 5.73 Å². The number of nitrogens with zero attached hydrogens (tertiary/aromatic N) is 1. The maximum absolute atomic E-state index is 12.3. The zero-order valence-electron chi connectivity index (χ0n) is 11.1. The van der Waals surface area contributed by atoms with Crippen LogP contribution in [0.2, 0.25) is 0 Å². The molecule has 3 atom stereocenters. The third-order valence-electron chi connectivity index (χ3n) is 4.11. The predicted molar refractivity (Wildman–Crippen MR) is 75.4 cm³/mol. The molecule has 2 N–H and O–H groups in total. The van der Waals surface area contributed by atoms with Gasteiger partial charge in [-0.2, -0.15) is 11.3 Å². The molecule has 0 bridgehead atoms. The van der Waals surface area contributed by atoms with Crippen molar-refractivity contribution in [2.24, 2.45) is 17.6 Å². The molecule has 1 aliphatic rings. The molecular formula is C14H22N2OS. The molecular weight excluding hydrogens is 244 g/mol. The van der Waals surface area contributed by atoms with Crippen LogP contribution in [0.25, 0.3) is 0 Å². The zero-order valence-corrected chi connectivity index (χ0v) is 12.0. The SMILES string of the molecule is CCN(CC)C(=O)[C@@H]1CC[C@H]1C(N)c1ccsc1. The van der Waals surface area contributed by atoms with Crippen molar-refractivity contribution < 1.29 is 4.79 Å². The Morgan fingerprint density at radius 3 is 2.67 bits per heavy atom. The quantitative estimate of drug-likeness (QED) is 0.890. The average Bonchev–Trinajstić information content (AvgIpc) is 2.82. The summed E-state index contributed by atoms with van der Waals surface area (Å²) in [5, 5.41) is 4.15. The molecule has 18 heavy (non-hydrogen) atoms. The van der Waals surface area contributed by atoms with Crippen molar-refractivity contribution in [2.75, 3.05) is 13.1 Å². The summed E-state index contributed by atoms with van der Waals surface area (Å²) in [5.74, 6) is 0.759. The summed E-state index contributed by atoms with van der Waals surface area (Å²) in [7, 11) is 0. The summed E-state index contributed by atoms with van der Waals surface area (Å²) < 4.78 is 0. The first-order valence-corrected chi connectivity index (χ1v) is 7.69. The van der Waals surface area contributed by atoms with Gasteiger partial charge in [0.1, 0.15) is 0 Å². The van der Waals surface area contributed by atoms with Crippen LogP contribution >= 0.6 is 11.3 Å².